The molecule has 7 heteroatoms. The molecule has 0 radical (unpaired) electrons. The van der Waals surface area contributed by atoms with Crippen LogP contribution in [0.2, 0.25) is 0 Å². The number of carbonyl (C=O) groups is 3. The molecule has 1 aromatic rings. The number of anilines is 1. The quantitative estimate of drug-likeness (QED) is 0.582. The van der Waals surface area contributed by atoms with Crippen LogP contribution in [0.25, 0.3) is 0 Å². The van der Waals surface area contributed by atoms with Crippen molar-refractivity contribution < 1.29 is 23.9 Å². The molecule has 7 nitrogen and oxygen atoms in total. The second kappa shape index (κ2) is 9.66. The maximum absolute atomic E-state index is 11.7. The highest BCUT2D eigenvalue weighted by Gasteiger charge is 2.15. The average Bonchev–Trinajstić information content (AvgIpc) is 2.50. The van der Waals surface area contributed by atoms with Gasteiger partial charge in [0.2, 0.25) is 0 Å². The van der Waals surface area contributed by atoms with E-state index in [9.17, 15) is 14.4 Å². The number of hydrogen-bond acceptors (Lipinski definition) is 5. The van der Waals surface area contributed by atoms with Gasteiger partial charge in [-0.1, -0.05) is 17.7 Å². The summed E-state index contributed by atoms with van der Waals surface area (Å²) in [5.41, 5.74) is 1.17. The molecular weight excluding hydrogens is 324 g/mol. The highest BCUT2D eigenvalue weighted by atomic mass is 16.6. The van der Waals surface area contributed by atoms with Crippen molar-refractivity contribution >= 4 is 23.7 Å². The Morgan fingerprint density at radius 3 is 2.32 bits per heavy atom. The summed E-state index contributed by atoms with van der Waals surface area (Å²) >= 11 is 0. The third-order valence-corrected chi connectivity index (χ3v) is 2.93. The molecule has 2 N–H and O–H groups in total. The second-order valence-electron chi connectivity index (χ2n) is 6.61. The van der Waals surface area contributed by atoms with Gasteiger partial charge in [0.1, 0.15) is 5.60 Å². The van der Waals surface area contributed by atoms with Gasteiger partial charge in [-0.3, -0.25) is 9.59 Å². The summed E-state index contributed by atoms with van der Waals surface area (Å²) in [6.07, 6.45) is -0.0241. The maximum atomic E-state index is 11.7. The summed E-state index contributed by atoms with van der Waals surface area (Å²) in [5.74, 6) is -0.894. The number of amides is 2. The smallest absolute Gasteiger partial charge is 0.407 e. The Hall–Kier alpha value is -2.57. The van der Waals surface area contributed by atoms with Crippen LogP contribution in [0.4, 0.5) is 10.5 Å². The third kappa shape index (κ3) is 10.0. The van der Waals surface area contributed by atoms with E-state index in [4.69, 9.17) is 9.47 Å². The van der Waals surface area contributed by atoms with E-state index in [1.807, 2.05) is 19.1 Å². The number of carbonyl (C=O) groups excluding carboxylic acids is 3. The summed E-state index contributed by atoms with van der Waals surface area (Å²) in [6.45, 7) is 7.21. The van der Waals surface area contributed by atoms with Crippen molar-refractivity contribution in [2.45, 2.75) is 46.1 Å². The van der Waals surface area contributed by atoms with Gasteiger partial charge >= 0.3 is 12.1 Å². The molecule has 0 spiro atoms. The van der Waals surface area contributed by atoms with Gasteiger partial charge in [-0.2, -0.15) is 0 Å². The molecule has 0 saturated heterocycles. The minimum Gasteiger partial charge on any atom is -0.456 e. The lowest BCUT2D eigenvalue weighted by Crippen LogP contribution is -2.33. The van der Waals surface area contributed by atoms with Crippen LogP contribution < -0.4 is 10.6 Å². The SMILES string of the molecule is Cc1ccc(NC(=O)COC(=O)CCCNC(=O)OC(C)(C)C)cc1. The van der Waals surface area contributed by atoms with Crippen molar-refractivity contribution in [1.82, 2.24) is 5.32 Å². The first kappa shape index (κ1) is 20.5. The van der Waals surface area contributed by atoms with Crippen molar-refractivity contribution in [2.75, 3.05) is 18.5 Å². The van der Waals surface area contributed by atoms with E-state index in [2.05, 4.69) is 10.6 Å². The van der Waals surface area contributed by atoms with E-state index >= 15 is 0 Å². The molecule has 1 aromatic carbocycles. The van der Waals surface area contributed by atoms with Crippen molar-refractivity contribution in [3.05, 3.63) is 29.8 Å². The minimum absolute atomic E-state index is 0.105. The molecule has 0 heterocycles. The van der Waals surface area contributed by atoms with Crippen molar-refractivity contribution in [3.63, 3.8) is 0 Å². The molecule has 0 aliphatic carbocycles. The first-order valence-corrected chi connectivity index (χ1v) is 8.15. The highest BCUT2D eigenvalue weighted by Crippen LogP contribution is 2.08. The zero-order valence-corrected chi connectivity index (χ0v) is 15.2. The molecule has 1 rings (SSSR count). The Kier molecular flexibility index (Phi) is 7.91. The van der Waals surface area contributed by atoms with Crippen molar-refractivity contribution in [2.24, 2.45) is 0 Å². The Morgan fingerprint density at radius 2 is 1.72 bits per heavy atom. The van der Waals surface area contributed by atoms with Crippen LogP contribution in [0.1, 0.15) is 39.2 Å². The fraction of sp³-hybridized carbons (Fsp3) is 0.500. The molecule has 25 heavy (non-hydrogen) atoms. The van der Waals surface area contributed by atoms with Gasteiger partial charge in [0.25, 0.3) is 5.91 Å². The van der Waals surface area contributed by atoms with Crippen LogP contribution in [-0.2, 0) is 19.1 Å². The first-order chi connectivity index (χ1) is 11.7. The van der Waals surface area contributed by atoms with E-state index in [1.165, 1.54) is 0 Å². The normalized spacial score (nSPS) is 10.7. The average molecular weight is 350 g/mol. The first-order valence-electron chi connectivity index (χ1n) is 8.15. The number of rotatable bonds is 7. The lowest BCUT2D eigenvalue weighted by Gasteiger charge is -2.19. The fourth-order valence-corrected chi connectivity index (χ4v) is 1.79. The summed E-state index contributed by atoms with van der Waals surface area (Å²) < 4.78 is 9.96. The number of nitrogens with one attached hydrogen (secondary N) is 2. The largest absolute Gasteiger partial charge is 0.456 e. The standard InChI is InChI=1S/C18H26N2O5/c1-13-7-9-14(10-8-13)20-15(21)12-24-16(22)6-5-11-19-17(23)25-18(2,3)4/h7-10H,5-6,11-12H2,1-4H3,(H,19,23)(H,20,21). The van der Waals surface area contributed by atoms with E-state index in [0.29, 0.717) is 18.7 Å². The molecule has 2 amide bonds. The zero-order chi connectivity index (χ0) is 18.9. The Labute approximate surface area is 148 Å². The number of ether oxygens (including phenoxy) is 2. The maximum Gasteiger partial charge on any atom is 0.407 e. The van der Waals surface area contributed by atoms with E-state index in [1.54, 1.807) is 32.9 Å². The van der Waals surface area contributed by atoms with E-state index < -0.39 is 23.6 Å². The van der Waals surface area contributed by atoms with Gasteiger partial charge in [-0.05, 0) is 46.2 Å². The predicted octanol–water partition coefficient (Wildman–Crippen LogP) is 2.78. The van der Waals surface area contributed by atoms with Gasteiger partial charge in [0.15, 0.2) is 6.61 Å². The van der Waals surface area contributed by atoms with Gasteiger partial charge in [0.05, 0.1) is 0 Å². The number of hydrogen-bond donors (Lipinski definition) is 2. The molecule has 0 aromatic heterocycles. The molecule has 0 atom stereocenters. The number of benzene rings is 1. The van der Waals surface area contributed by atoms with Crippen LogP contribution in [0, 0.1) is 6.92 Å². The zero-order valence-electron chi connectivity index (χ0n) is 15.2. The molecule has 0 unspecified atom stereocenters. The highest BCUT2D eigenvalue weighted by molar-refractivity contribution is 5.92. The van der Waals surface area contributed by atoms with Gasteiger partial charge in [0, 0.05) is 18.7 Å². The van der Waals surface area contributed by atoms with Gasteiger partial charge in [-0.15, -0.1) is 0 Å². The van der Waals surface area contributed by atoms with Crippen molar-refractivity contribution in [3.8, 4) is 0 Å². The molecule has 0 bridgehead atoms. The Morgan fingerprint density at radius 1 is 1.08 bits per heavy atom. The lowest BCUT2D eigenvalue weighted by molar-refractivity contribution is -0.147. The van der Waals surface area contributed by atoms with Gasteiger partial charge in [-0.25, -0.2) is 4.79 Å². The fourth-order valence-electron chi connectivity index (χ4n) is 1.79. The van der Waals surface area contributed by atoms with Crippen LogP contribution >= 0.6 is 0 Å². The number of alkyl carbamates (subject to hydrolysis) is 1. The summed E-state index contributed by atoms with van der Waals surface area (Å²) in [6, 6.07) is 7.30. The van der Waals surface area contributed by atoms with Crippen LogP contribution in [0.5, 0.6) is 0 Å². The minimum atomic E-state index is -0.562. The molecule has 0 fully saturated rings. The Bertz CT molecular complexity index is 590. The lowest BCUT2D eigenvalue weighted by atomic mass is 10.2. The van der Waals surface area contributed by atoms with E-state index in [0.717, 1.165) is 5.56 Å². The Balaban J connectivity index is 2.15. The third-order valence-electron chi connectivity index (χ3n) is 2.93. The van der Waals surface area contributed by atoms with Crippen molar-refractivity contribution in [1.29, 1.82) is 0 Å². The van der Waals surface area contributed by atoms with Crippen LogP contribution in [0.3, 0.4) is 0 Å². The van der Waals surface area contributed by atoms with Gasteiger partial charge < -0.3 is 20.1 Å². The monoisotopic (exact) mass is 350 g/mol. The molecule has 0 aliphatic rings. The summed E-state index contributed by atoms with van der Waals surface area (Å²) in [4.78, 5) is 34.7. The molecule has 0 aliphatic heterocycles. The predicted molar refractivity (Wildman–Crippen MR) is 94.2 cm³/mol. The number of aryl methyl sites for hydroxylation is 1. The van der Waals surface area contributed by atoms with Crippen LogP contribution in [0.15, 0.2) is 24.3 Å². The van der Waals surface area contributed by atoms with Crippen LogP contribution in [-0.4, -0.2) is 36.7 Å². The topological polar surface area (TPSA) is 93.7 Å². The number of esters is 1. The second-order valence-corrected chi connectivity index (χ2v) is 6.61. The van der Waals surface area contributed by atoms with E-state index in [-0.39, 0.29) is 13.0 Å². The molecule has 138 valence electrons. The molecular formula is C18H26N2O5. The summed E-state index contributed by atoms with van der Waals surface area (Å²) in [7, 11) is 0. The summed E-state index contributed by atoms with van der Waals surface area (Å²) in [5, 5.41) is 5.19. The molecule has 0 saturated carbocycles.